The SMILES string of the molecule is Nc1cccnc1CN1CCOc2ccccc2C1. The summed E-state index contributed by atoms with van der Waals surface area (Å²) in [6, 6.07) is 11.9. The van der Waals surface area contributed by atoms with Gasteiger partial charge in [0.2, 0.25) is 0 Å². The van der Waals surface area contributed by atoms with Gasteiger partial charge in [0.25, 0.3) is 0 Å². The van der Waals surface area contributed by atoms with Crippen LogP contribution in [0, 0.1) is 0 Å². The van der Waals surface area contributed by atoms with Gasteiger partial charge in [-0.05, 0) is 18.2 Å². The molecular formula is C15H17N3O. The van der Waals surface area contributed by atoms with Gasteiger partial charge >= 0.3 is 0 Å². The third-order valence-electron chi connectivity index (χ3n) is 3.33. The fraction of sp³-hybridized carbons (Fsp3) is 0.267. The molecule has 1 aliphatic heterocycles. The molecule has 4 heteroatoms. The standard InChI is InChI=1S/C15H17N3O/c16-13-5-3-7-17-14(13)11-18-8-9-19-15-6-2-1-4-12(15)10-18/h1-7H,8-11,16H2. The van der Waals surface area contributed by atoms with E-state index < -0.39 is 0 Å². The van der Waals surface area contributed by atoms with E-state index in [9.17, 15) is 0 Å². The Morgan fingerprint density at radius 2 is 2.11 bits per heavy atom. The molecule has 98 valence electrons. The van der Waals surface area contributed by atoms with Crippen molar-refractivity contribution >= 4 is 5.69 Å². The number of nitrogens with two attached hydrogens (primary N) is 1. The van der Waals surface area contributed by atoms with Gasteiger partial charge in [0.15, 0.2) is 0 Å². The highest BCUT2D eigenvalue weighted by atomic mass is 16.5. The number of nitrogen functional groups attached to an aromatic ring is 1. The zero-order chi connectivity index (χ0) is 13.1. The lowest BCUT2D eigenvalue weighted by Gasteiger charge is -2.19. The van der Waals surface area contributed by atoms with Crippen LogP contribution in [0.5, 0.6) is 5.75 Å². The van der Waals surface area contributed by atoms with Crippen molar-refractivity contribution in [3.05, 3.63) is 53.9 Å². The monoisotopic (exact) mass is 255 g/mol. The molecule has 2 aromatic rings. The van der Waals surface area contributed by atoms with E-state index >= 15 is 0 Å². The Labute approximate surface area is 112 Å². The van der Waals surface area contributed by atoms with Crippen LogP contribution in [-0.2, 0) is 13.1 Å². The van der Waals surface area contributed by atoms with Crippen LogP contribution < -0.4 is 10.5 Å². The van der Waals surface area contributed by atoms with Gasteiger partial charge in [-0.3, -0.25) is 9.88 Å². The first kappa shape index (κ1) is 12.0. The molecular weight excluding hydrogens is 238 g/mol. The second-order valence-electron chi connectivity index (χ2n) is 4.71. The maximum Gasteiger partial charge on any atom is 0.123 e. The molecule has 0 radical (unpaired) electrons. The van der Waals surface area contributed by atoms with Gasteiger partial charge in [-0.25, -0.2) is 0 Å². The maximum atomic E-state index is 5.95. The normalized spacial score (nSPS) is 15.4. The van der Waals surface area contributed by atoms with Crippen molar-refractivity contribution in [2.75, 3.05) is 18.9 Å². The number of rotatable bonds is 2. The number of fused-ring (bicyclic) bond motifs is 1. The van der Waals surface area contributed by atoms with Crippen LogP contribution in [0.2, 0.25) is 0 Å². The molecule has 0 atom stereocenters. The number of anilines is 1. The zero-order valence-corrected chi connectivity index (χ0v) is 10.7. The Kier molecular flexibility index (Phi) is 3.33. The highest BCUT2D eigenvalue weighted by Crippen LogP contribution is 2.23. The molecule has 0 unspecified atom stereocenters. The molecule has 1 aromatic carbocycles. The molecule has 19 heavy (non-hydrogen) atoms. The van der Waals surface area contributed by atoms with E-state index in [0.29, 0.717) is 6.61 Å². The summed E-state index contributed by atoms with van der Waals surface area (Å²) in [5, 5.41) is 0. The van der Waals surface area contributed by atoms with Crippen molar-refractivity contribution in [3.63, 3.8) is 0 Å². The van der Waals surface area contributed by atoms with Crippen molar-refractivity contribution in [2.24, 2.45) is 0 Å². The average Bonchev–Trinajstić information content (AvgIpc) is 2.63. The lowest BCUT2D eigenvalue weighted by Crippen LogP contribution is -2.26. The minimum atomic E-state index is 0.698. The minimum Gasteiger partial charge on any atom is -0.492 e. The number of hydrogen-bond acceptors (Lipinski definition) is 4. The number of para-hydroxylation sites is 1. The molecule has 1 aliphatic rings. The van der Waals surface area contributed by atoms with E-state index in [2.05, 4.69) is 16.0 Å². The first-order chi connectivity index (χ1) is 9.33. The molecule has 0 spiro atoms. The first-order valence-electron chi connectivity index (χ1n) is 6.45. The van der Waals surface area contributed by atoms with E-state index in [1.54, 1.807) is 6.20 Å². The Balaban J connectivity index is 1.78. The third kappa shape index (κ3) is 2.69. The fourth-order valence-corrected chi connectivity index (χ4v) is 2.31. The Morgan fingerprint density at radius 3 is 3.00 bits per heavy atom. The number of ether oxygens (including phenoxy) is 1. The predicted molar refractivity (Wildman–Crippen MR) is 74.7 cm³/mol. The number of pyridine rings is 1. The van der Waals surface area contributed by atoms with Gasteiger partial charge in [0.05, 0.1) is 11.4 Å². The van der Waals surface area contributed by atoms with E-state index in [1.165, 1.54) is 5.56 Å². The van der Waals surface area contributed by atoms with Gasteiger partial charge in [0.1, 0.15) is 12.4 Å². The highest BCUT2D eigenvalue weighted by Gasteiger charge is 2.16. The van der Waals surface area contributed by atoms with Crippen molar-refractivity contribution in [1.82, 2.24) is 9.88 Å². The molecule has 0 aliphatic carbocycles. The van der Waals surface area contributed by atoms with Crippen molar-refractivity contribution in [3.8, 4) is 5.75 Å². The van der Waals surface area contributed by atoms with E-state index in [-0.39, 0.29) is 0 Å². The van der Waals surface area contributed by atoms with Crippen LogP contribution >= 0.6 is 0 Å². The topological polar surface area (TPSA) is 51.4 Å². The molecule has 0 fully saturated rings. The number of hydrogen-bond donors (Lipinski definition) is 1. The van der Waals surface area contributed by atoms with Gasteiger partial charge in [0, 0.05) is 31.4 Å². The molecule has 2 N–H and O–H groups in total. The second-order valence-corrected chi connectivity index (χ2v) is 4.71. The zero-order valence-electron chi connectivity index (χ0n) is 10.7. The molecule has 0 saturated carbocycles. The van der Waals surface area contributed by atoms with E-state index in [1.807, 2.05) is 30.3 Å². The molecule has 0 bridgehead atoms. The van der Waals surface area contributed by atoms with E-state index in [4.69, 9.17) is 10.5 Å². The minimum absolute atomic E-state index is 0.698. The smallest absolute Gasteiger partial charge is 0.123 e. The molecule has 0 saturated heterocycles. The fourth-order valence-electron chi connectivity index (χ4n) is 2.31. The average molecular weight is 255 g/mol. The number of nitrogens with zero attached hydrogens (tertiary/aromatic N) is 2. The summed E-state index contributed by atoms with van der Waals surface area (Å²) in [7, 11) is 0. The second kappa shape index (κ2) is 5.28. The summed E-state index contributed by atoms with van der Waals surface area (Å²) in [5.74, 6) is 0.985. The molecule has 4 nitrogen and oxygen atoms in total. The van der Waals surface area contributed by atoms with Crippen LogP contribution in [0.3, 0.4) is 0 Å². The summed E-state index contributed by atoms with van der Waals surface area (Å²) in [6.07, 6.45) is 1.79. The molecule has 1 aromatic heterocycles. The Morgan fingerprint density at radius 1 is 1.21 bits per heavy atom. The summed E-state index contributed by atoms with van der Waals surface area (Å²) in [5.41, 5.74) is 8.85. The molecule has 3 rings (SSSR count). The predicted octanol–water partition coefficient (Wildman–Crippen LogP) is 2.06. The number of aromatic nitrogens is 1. The van der Waals surface area contributed by atoms with Crippen LogP contribution in [0.25, 0.3) is 0 Å². The number of benzene rings is 1. The van der Waals surface area contributed by atoms with Gasteiger partial charge in [-0.1, -0.05) is 18.2 Å². The quantitative estimate of drug-likeness (QED) is 0.892. The summed E-state index contributed by atoms with van der Waals surface area (Å²) in [4.78, 5) is 6.66. The summed E-state index contributed by atoms with van der Waals surface area (Å²) < 4.78 is 5.75. The van der Waals surface area contributed by atoms with Crippen LogP contribution in [0.15, 0.2) is 42.6 Å². The largest absolute Gasteiger partial charge is 0.492 e. The molecule has 2 heterocycles. The lowest BCUT2D eigenvalue weighted by atomic mass is 10.2. The lowest BCUT2D eigenvalue weighted by molar-refractivity contribution is 0.218. The highest BCUT2D eigenvalue weighted by molar-refractivity contribution is 5.42. The first-order valence-corrected chi connectivity index (χ1v) is 6.45. The summed E-state index contributed by atoms with van der Waals surface area (Å²) in [6.45, 7) is 3.20. The molecule has 0 amide bonds. The van der Waals surface area contributed by atoms with E-state index in [0.717, 1.165) is 36.8 Å². The van der Waals surface area contributed by atoms with Crippen LogP contribution in [0.1, 0.15) is 11.3 Å². The van der Waals surface area contributed by atoms with Gasteiger partial charge < -0.3 is 10.5 Å². The Hall–Kier alpha value is -2.07. The van der Waals surface area contributed by atoms with Crippen LogP contribution in [0.4, 0.5) is 5.69 Å². The van der Waals surface area contributed by atoms with Crippen molar-refractivity contribution < 1.29 is 4.74 Å². The van der Waals surface area contributed by atoms with Crippen molar-refractivity contribution in [2.45, 2.75) is 13.1 Å². The van der Waals surface area contributed by atoms with Gasteiger partial charge in [-0.2, -0.15) is 0 Å². The van der Waals surface area contributed by atoms with Crippen LogP contribution in [-0.4, -0.2) is 23.0 Å². The van der Waals surface area contributed by atoms with Crippen molar-refractivity contribution in [1.29, 1.82) is 0 Å². The maximum absolute atomic E-state index is 5.95. The van der Waals surface area contributed by atoms with Gasteiger partial charge in [-0.15, -0.1) is 0 Å². The summed E-state index contributed by atoms with van der Waals surface area (Å²) >= 11 is 0. The third-order valence-corrected chi connectivity index (χ3v) is 3.33. The Bertz CT molecular complexity index is 571.